The molecule has 0 bridgehead atoms. The number of hydrogen-bond acceptors (Lipinski definition) is 2. The Labute approximate surface area is 82.4 Å². The van der Waals surface area contributed by atoms with E-state index in [1.807, 2.05) is 13.1 Å². The standard InChI is InChI=1S/C9H14N2OS/c1-3-4-5-11-6-7(2)8(13)10-9(11)12/h6H,3-5H2,1-2H3,(H,10,12,13). The number of aryl methyl sites for hydroxylation is 2. The Morgan fingerprint density at radius 2 is 2.31 bits per heavy atom. The van der Waals surface area contributed by atoms with Crippen molar-refractivity contribution in [3.05, 3.63) is 26.9 Å². The van der Waals surface area contributed by atoms with Crippen LogP contribution >= 0.6 is 12.2 Å². The lowest BCUT2D eigenvalue weighted by Gasteiger charge is -2.04. The topological polar surface area (TPSA) is 37.8 Å². The Kier molecular flexibility index (Phi) is 3.42. The molecular weight excluding hydrogens is 184 g/mol. The number of unbranched alkanes of at least 4 members (excludes halogenated alkanes) is 1. The summed E-state index contributed by atoms with van der Waals surface area (Å²) in [5, 5.41) is 0. The summed E-state index contributed by atoms with van der Waals surface area (Å²) in [4.78, 5) is 14.0. The molecule has 0 saturated heterocycles. The number of nitrogens with one attached hydrogen (secondary N) is 1. The minimum Gasteiger partial charge on any atom is -0.300 e. The predicted molar refractivity (Wildman–Crippen MR) is 55.5 cm³/mol. The first-order chi connectivity index (χ1) is 6.15. The number of H-pyrrole nitrogens is 1. The molecule has 0 aliphatic heterocycles. The highest BCUT2D eigenvalue weighted by molar-refractivity contribution is 7.71. The molecule has 0 aliphatic carbocycles. The third kappa shape index (κ3) is 2.52. The van der Waals surface area contributed by atoms with Crippen LogP contribution in [0.25, 0.3) is 0 Å². The first-order valence-electron chi connectivity index (χ1n) is 4.45. The molecule has 0 amide bonds. The second-order valence-corrected chi connectivity index (χ2v) is 3.53. The summed E-state index contributed by atoms with van der Waals surface area (Å²) < 4.78 is 2.21. The molecule has 0 saturated carbocycles. The van der Waals surface area contributed by atoms with Crippen LogP contribution in [0.15, 0.2) is 11.0 Å². The van der Waals surface area contributed by atoms with Crippen LogP contribution < -0.4 is 5.69 Å². The second-order valence-electron chi connectivity index (χ2n) is 3.12. The van der Waals surface area contributed by atoms with Gasteiger partial charge in [-0.1, -0.05) is 25.6 Å². The number of hydrogen-bond donors (Lipinski definition) is 1. The van der Waals surface area contributed by atoms with Crippen molar-refractivity contribution >= 4 is 12.2 Å². The van der Waals surface area contributed by atoms with Gasteiger partial charge in [0.2, 0.25) is 0 Å². The van der Waals surface area contributed by atoms with Gasteiger partial charge in [-0.2, -0.15) is 0 Å². The largest absolute Gasteiger partial charge is 0.326 e. The smallest absolute Gasteiger partial charge is 0.300 e. The van der Waals surface area contributed by atoms with E-state index in [0.29, 0.717) is 4.64 Å². The lowest BCUT2D eigenvalue weighted by atomic mass is 10.3. The SMILES string of the molecule is CCCCn1cc(C)c(=S)[nH]c1=O. The van der Waals surface area contributed by atoms with Crippen LogP contribution in [0.1, 0.15) is 25.3 Å². The lowest BCUT2D eigenvalue weighted by molar-refractivity contribution is 0.595. The van der Waals surface area contributed by atoms with Gasteiger partial charge < -0.3 is 4.57 Å². The van der Waals surface area contributed by atoms with E-state index >= 15 is 0 Å². The highest BCUT2D eigenvalue weighted by Gasteiger charge is 1.96. The number of rotatable bonds is 3. The van der Waals surface area contributed by atoms with Crippen molar-refractivity contribution in [2.75, 3.05) is 0 Å². The Morgan fingerprint density at radius 1 is 1.62 bits per heavy atom. The van der Waals surface area contributed by atoms with Gasteiger partial charge in [0.25, 0.3) is 0 Å². The molecule has 0 aliphatic rings. The predicted octanol–water partition coefficient (Wildman–Crippen LogP) is 2.01. The van der Waals surface area contributed by atoms with Gasteiger partial charge in [-0.25, -0.2) is 4.79 Å². The van der Waals surface area contributed by atoms with E-state index < -0.39 is 0 Å². The Morgan fingerprint density at radius 3 is 2.92 bits per heavy atom. The molecule has 72 valence electrons. The summed E-state index contributed by atoms with van der Waals surface area (Å²) >= 11 is 4.94. The monoisotopic (exact) mass is 198 g/mol. The van der Waals surface area contributed by atoms with E-state index in [1.165, 1.54) is 0 Å². The lowest BCUT2D eigenvalue weighted by Crippen LogP contribution is -2.23. The van der Waals surface area contributed by atoms with Crippen molar-refractivity contribution in [1.82, 2.24) is 9.55 Å². The molecule has 3 nitrogen and oxygen atoms in total. The van der Waals surface area contributed by atoms with Gasteiger partial charge in [0.1, 0.15) is 4.64 Å². The molecule has 1 rings (SSSR count). The van der Waals surface area contributed by atoms with E-state index in [1.54, 1.807) is 4.57 Å². The van der Waals surface area contributed by atoms with E-state index in [4.69, 9.17) is 12.2 Å². The van der Waals surface area contributed by atoms with Gasteiger partial charge in [0.15, 0.2) is 0 Å². The van der Waals surface area contributed by atoms with Crippen LogP contribution in [0.3, 0.4) is 0 Å². The first-order valence-corrected chi connectivity index (χ1v) is 4.86. The zero-order chi connectivity index (χ0) is 9.84. The molecule has 0 aromatic carbocycles. The maximum Gasteiger partial charge on any atom is 0.326 e. The van der Waals surface area contributed by atoms with E-state index in [-0.39, 0.29) is 5.69 Å². The number of aromatic nitrogens is 2. The van der Waals surface area contributed by atoms with Crippen molar-refractivity contribution in [2.45, 2.75) is 33.2 Å². The zero-order valence-electron chi connectivity index (χ0n) is 7.96. The van der Waals surface area contributed by atoms with Crippen LogP contribution in [0, 0.1) is 11.6 Å². The van der Waals surface area contributed by atoms with Crippen LogP contribution in [-0.4, -0.2) is 9.55 Å². The fourth-order valence-electron chi connectivity index (χ4n) is 1.11. The Balaban J connectivity index is 3.02. The van der Waals surface area contributed by atoms with E-state index in [0.717, 1.165) is 24.9 Å². The molecule has 0 radical (unpaired) electrons. The minimum atomic E-state index is -0.107. The Bertz CT molecular complexity index is 391. The summed E-state index contributed by atoms with van der Waals surface area (Å²) in [7, 11) is 0. The van der Waals surface area contributed by atoms with Crippen molar-refractivity contribution in [3.63, 3.8) is 0 Å². The Hall–Kier alpha value is -0.900. The summed E-state index contributed by atoms with van der Waals surface area (Å²) in [6.07, 6.45) is 3.92. The minimum absolute atomic E-state index is 0.107. The normalized spacial score (nSPS) is 10.3. The fourth-order valence-corrected chi connectivity index (χ4v) is 1.25. The van der Waals surface area contributed by atoms with Crippen molar-refractivity contribution in [2.24, 2.45) is 0 Å². The van der Waals surface area contributed by atoms with E-state index in [2.05, 4.69) is 11.9 Å². The van der Waals surface area contributed by atoms with Gasteiger partial charge >= 0.3 is 5.69 Å². The van der Waals surface area contributed by atoms with Crippen LogP contribution in [-0.2, 0) is 6.54 Å². The molecule has 0 spiro atoms. The molecule has 1 heterocycles. The van der Waals surface area contributed by atoms with E-state index in [9.17, 15) is 4.79 Å². The number of aromatic amines is 1. The first kappa shape index (κ1) is 10.2. The fraction of sp³-hybridized carbons (Fsp3) is 0.556. The molecule has 1 aromatic rings. The second kappa shape index (κ2) is 4.37. The molecule has 4 heteroatoms. The van der Waals surface area contributed by atoms with Gasteiger partial charge in [0.05, 0.1) is 0 Å². The highest BCUT2D eigenvalue weighted by atomic mass is 32.1. The van der Waals surface area contributed by atoms with Gasteiger partial charge in [0, 0.05) is 18.3 Å². The average molecular weight is 198 g/mol. The molecular formula is C9H14N2OS. The van der Waals surface area contributed by atoms with Gasteiger partial charge in [-0.05, 0) is 13.3 Å². The summed E-state index contributed by atoms with van der Waals surface area (Å²) in [5.74, 6) is 0. The maximum absolute atomic E-state index is 11.3. The van der Waals surface area contributed by atoms with Crippen molar-refractivity contribution in [3.8, 4) is 0 Å². The summed E-state index contributed by atoms with van der Waals surface area (Å²) in [6.45, 7) is 4.77. The average Bonchev–Trinajstić information content (AvgIpc) is 2.09. The molecule has 13 heavy (non-hydrogen) atoms. The van der Waals surface area contributed by atoms with Gasteiger partial charge in [-0.15, -0.1) is 0 Å². The molecule has 0 atom stereocenters. The molecule has 0 unspecified atom stereocenters. The molecule has 0 fully saturated rings. The summed E-state index contributed by atoms with van der Waals surface area (Å²) in [5.41, 5.74) is 0.842. The maximum atomic E-state index is 11.3. The third-order valence-electron chi connectivity index (χ3n) is 1.94. The number of nitrogens with zero attached hydrogens (tertiary/aromatic N) is 1. The van der Waals surface area contributed by atoms with Crippen LogP contribution in [0.4, 0.5) is 0 Å². The highest BCUT2D eigenvalue weighted by Crippen LogP contribution is 1.96. The third-order valence-corrected chi connectivity index (χ3v) is 2.37. The van der Waals surface area contributed by atoms with Crippen molar-refractivity contribution < 1.29 is 0 Å². The van der Waals surface area contributed by atoms with Crippen LogP contribution in [0.2, 0.25) is 0 Å². The quantitative estimate of drug-likeness (QED) is 0.754. The summed E-state index contributed by atoms with van der Waals surface area (Å²) in [6, 6.07) is 0. The van der Waals surface area contributed by atoms with Crippen LogP contribution in [0.5, 0.6) is 0 Å². The van der Waals surface area contributed by atoms with Gasteiger partial charge in [-0.3, -0.25) is 4.98 Å². The molecule has 1 N–H and O–H groups in total. The zero-order valence-corrected chi connectivity index (χ0v) is 8.78. The van der Waals surface area contributed by atoms with Crippen molar-refractivity contribution in [1.29, 1.82) is 0 Å². The molecule has 1 aromatic heterocycles.